The maximum absolute atomic E-state index is 15.0. The molecule has 0 unspecified atom stereocenters. The number of hydrogen-bond donors (Lipinski definition) is 0. The van der Waals surface area contributed by atoms with Crippen LogP contribution in [0.15, 0.2) is 41.6 Å². The molecule has 5 rings (SSSR count). The van der Waals surface area contributed by atoms with Gasteiger partial charge in [0.15, 0.2) is 23.3 Å². The van der Waals surface area contributed by atoms with Gasteiger partial charge in [0.05, 0.1) is 24.3 Å². The second-order valence-electron chi connectivity index (χ2n) is 10.9. The summed E-state index contributed by atoms with van der Waals surface area (Å²) in [5.41, 5.74) is -1.49. The fraction of sp³-hybridized carbons (Fsp3) is 0.484. The normalized spacial score (nSPS) is 26.1. The van der Waals surface area contributed by atoms with Crippen molar-refractivity contribution < 1.29 is 36.6 Å². The maximum Gasteiger partial charge on any atom is 0.336 e. The zero-order valence-corrected chi connectivity index (χ0v) is 23.1. The smallest absolute Gasteiger partial charge is 0.336 e. The number of nitrogens with zero attached hydrogens (tertiary/aromatic N) is 1. The second-order valence-corrected chi connectivity index (χ2v) is 10.9. The minimum atomic E-state index is -1.82. The van der Waals surface area contributed by atoms with Gasteiger partial charge in [0.2, 0.25) is 0 Å². The molecule has 1 heterocycles. The summed E-state index contributed by atoms with van der Waals surface area (Å²) in [6.45, 7) is 5.13. The molecule has 214 valence electrons. The second kappa shape index (κ2) is 10.2. The highest BCUT2D eigenvalue weighted by atomic mass is 19.2. The van der Waals surface area contributed by atoms with Crippen LogP contribution in [0.2, 0.25) is 0 Å². The van der Waals surface area contributed by atoms with Gasteiger partial charge in [0.1, 0.15) is 5.41 Å². The van der Waals surface area contributed by atoms with Crippen LogP contribution in [0, 0.1) is 35.1 Å². The number of rotatable bonds is 6. The zero-order valence-electron chi connectivity index (χ0n) is 23.1. The highest BCUT2D eigenvalue weighted by molar-refractivity contribution is 5.96. The standard InChI is InChI=1S/C31H33F4NO4/c1-5-39-28(37)26-17(3)36(4)30(16-19-13-23(33)25(35)15-21(19)30)31(29(38)40-6-2,27(26)18-9-7-8-10-18)20-11-12-22(32)24(34)14-20/h11-15,18,27H,5-10,16H2,1-4H3/t27-,30-,31+/m0/s1. The third-order valence-corrected chi connectivity index (χ3v) is 9.27. The number of carbonyl (C=O) groups excluding carboxylic acids is 2. The van der Waals surface area contributed by atoms with Crippen molar-refractivity contribution >= 4 is 11.9 Å². The Morgan fingerprint density at radius 3 is 2.17 bits per heavy atom. The van der Waals surface area contributed by atoms with Crippen molar-refractivity contribution in [2.45, 2.75) is 63.8 Å². The summed E-state index contributed by atoms with van der Waals surface area (Å²) in [5, 5.41) is 0. The van der Waals surface area contributed by atoms with E-state index in [2.05, 4.69) is 0 Å². The first-order valence-electron chi connectivity index (χ1n) is 13.8. The number of halogens is 4. The van der Waals surface area contributed by atoms with Crippen LogP contribution >= 0.6 is 0 Å². The van der Waals surface area contributed by atoms with Gasteiger partial charge in [-0.05, 0) is 80.5 Å². The molecule has 3 aliphatic rings. The van der Waals surface area contributed by atoms with Crippen LogP contribution in [0.4, 0.5) is 17.6 Å². The van der Waals surface area contributed by atoms with Crippen LogP contribution in [-0.4, -0.2) is 37.1 Å². The lowest BCUT2D eigenvalue weighted by Gasteiger charge is -2.66. The Bertz CT molecular complexity index is 1400. The lowest BCUT2D eigenvalue weighted by atomic mass is 9.44. The molecule has 0 amide bonds. The number of fused-ring (bicyclic) bond motifs is 2. The van der Waals surface area contributed by atoms with E-state index in [1.54, 1.807) is 32.7 Å². The first-order valence-corrected chi connectivity index (χ1v) is 13.8. The summed E-state index contributed by atoms with van der Waals surface area (Å²) in [5.74, 6) is -6.81. The molecule has 2 aromatic carbocycles. The lowest BCUT2D eigenvalue weighted by molar-refractivity contribution is -0.168. The van der Waals surface area contributed by atoms with E-state index in [0.29, 0.717) is 29.7 Å². The Kier molecular flexibility index (Phi) is 7.21. The van der Waals surface area contributed by atoms with E-state index in [9.17, 15) is 22.8 Å². The number of hydrogen-bond acceptors (Lipinski definition) is 5. The first kappa shape index (κ1) is 28.2. The molecule has 0 saturated heterocycles. The van der Waals surface area contributed by atoms with Crippen molar-refractivity contribution in [3.8, 4) is 0 Å². The molecule has 0 aromatic heterocycles. The van der Waals surface area contributed by atoms with Crippen molar-refractivity contribution in [1.29, 1.82) is 0 Å². The molecular weight excluding hydrogens is 526 g/mol. The Hall–Kier alpha value is -3.36. The van der Waals surface area contributed by atoms with E-state index >= 15 is 4.39 Å². The zero-order chi connectivity index (χ0) is 29.0. The minimum Gasteiger partial charge on any atom is -0.465 e. The van der Waals surface area contributed by atoms with Crippen molar-refractivity contribution in [3.05, 3.63) is 81.6 Å². The maximum atomic E-state index is 15.0. The summed E-state index contributed by atoms with van der Waals surface area (Å²) in [6.07, 6.45) is 3.15. The van der Waals surface area contributed by atoms with Gasteiger partial charge >= 0.3 is 11.9 Å². The first-order chi connectivity index (χ1) is 19.1. The van der Waals surface area contributed by atoms with Gasteiger partial charge in [0, 0.05) is 25.1 Å². The van der Waals surface area contributed by atoms with Crippen molar-refractivity contribution in [2.75, 3.05) is 20.3 Å². The number of ether oxygens (including phenoxy) is 2. The molecule has 1 spiro atoms. The molecule has 2 aromatic rings. The molecule has 9 heteroatoms. The average molecular weight is 560 g/mol. The predicted molar refractivity (Wildman–Crippen MR) is 139 cm³/mol. The highest BCUT2D eigenvalue weighted by Crippen LogP contribution is 2.66. The van der Waals surface area contributed by atoms with Crippen LogP contribution < -0.4 is 0 Å². The van der Waals surface area contributed by atoms with Gasteiger partial charge in [0.25, 0.3) is 0 Å². The van der Waals surface area contributed by atoms with Gasteiger partial charge in [-0.1, -0.05) is 18.9 Å². The SMILES string of the molecule is CCOC(=O)C1=C(C)N(C)[C@]2(Cc3cc(F)c(F)cc32)[C@](C(=O)OCC)(c2ccc(F)c(F)c2)[C@H]1C1CCCC1. The lowest BCUT2D eigenvalue weighted by Crippen LogP contribution is -2.73. The molecule has 40 heavy (non-hydrogen) atoms. The Balaban J connectivity index is 1.96. The predicted octanol–water partition coefficient (Wildman–Crippen LogP) is 6.08. The van der Waals surface area contributed by atoms with Crippen molar-refractivity contribution in [1.82, 2.24) is 4.90 Å². The molecule has 1 fully saturated rings. The van der Waals surface area contributed by atoms with Crippen molar-refractivity contribution in [3.63, 3.8) is 0 Å². The largest absolute Gasteiger partial charge is 0.465 e. The monoisotopic (exact) mass is 559 g/mol. The number of esters is 2. The van der Waals surface area contributed by atoms with Crippen molar-refractivity contribution in [2.24, 2.45) is 11.8 Å². The Labute approximate surface area is 231 Å². The van der Waals surface area contributed by atoms with Crippen LogP contribution in [-0.2, 0) is 36.4 Å². The van der Waals surface area contributed by atoms with Gasteiger partial charge in [-0.25, -0.2) is 22.4 Å². The Morgan fingerprint density at radius 1 is 0.925 bits per heavy atom. The van der Waals surface area contributed by atoms with E-state index in [1.165, 1.54) is 6.07 Å². The quantitative estimate of drug-likeness (QED) is 0.317. The van der Waals surface area contributed by atoms with E-state index in [4.69, 9.17) is 9.47 Å². The molecule has 5 nitrogen and oxygen atoms in total. The number of likely N-dealkylation sites (N-methyl/N-ethyl adjacent to an activating group) is 1. The third-order valence-electron chi connectivity index (χ3n) is 9.27. The van der Waals surface area contributed by atoms with Crippen LogP contribution in [0.25, 0.3) is 0 Å². The molecular formula is C31H33F4NO4. The molecule has 0 N–H and O–H groups in total. The molecule has 1 aliphatic heterocycles. The van der Waals surface area contributed by atoms with E-state index in [1.807, 2.05) is 0 Å². The van der Waals surface area contributed by atoms with Crippen LogP contribution in [0.1, 0.15) is 63.1 Å². The van der Waals surface area contributed by atoms with Gasteiger partial charge < -0.3 is 14.4 Å². The Morgan fingerprint density at radius 2 is 1.55 bits per heavy atom. The minimum absolute atomic E-state index is 0.0243. The molecule has 2 aliphatic carbocycles. The molecule has 3 atom stereocenters. The van der Waals surface area contributed by atoms with E-state index in [0.717, 1.165) is 37.1 Å². The van der Waals surface area contributed by atoms with E-state index in [-0.39, 0.29) is 36.7 Å². The average Bonchev–Trinajstić information content (AvgIpc) is 3.44. The fourth-order valence-corrected chi connectivity index (χ4v) is 7.65. The van der Waals surface area contributed by atoms with E-state index < -0.39 is 52.1 Å². The molecule has 0 bridgehead atoms. The summed E-state index contributed by atoms with van der Waals surface area (Å²) in [6, 6.07) is 5.45. The van der Waals surface area contributed by atoms with Gasteiger partial charge in [-0.15, -0.1) is 0 Å². The van der Waals surface area contributed by atoms with Crippen LogP contribution in [0.5, 0.6) is 0 Å². The topological polar surface area (TPSA) is 55.8 Å². The third kappa shape index (κ3) is 3.72. The molecule has 0 radical (unpaired) electrons. The summed E-state index contributed by atoms with van der Waals surface area (Å²) < 4.78 is 69.8. The number of allylic oxidation sites excluding steroid dienone is 1. The van der Waals surface area contributed by atoms with Gasteiger partial charge in [-0.3, -0.25) is 4.79 Å². The highest BCUT2D eigenvalue weighted by Gasteiger charge is 2.73. The number of carbonyl (C=O) groups is 2. The summed E-state index contributed by atoms with van der Waals surface area (Å²) in [7, 11) is 1.68. The molecule has 1 saturated carbocycles. The summed E-state index contributed by atoms with van der Waals surface area (Å²) >= 11 is 0. The van der Waals surface area contributed by atoms with Gasteiger partial charge in [-0.2, -0.15) is 0 Å². The number of benzene rings is 2. The van der Waals surface area contributed by atoms with Crippen LogP contribution in [0.3, 0.4) is 0 Å². The fourth-order valence-electron chi connectivity index (χ4n) is 7.65. The summed E-state index contributed by atoms with van der Waals surface area (Å²) in [4.78, 5) is 30.1.